The van der Waals surface area contributed by atoms with Crippen LogP contribution in [-0.4, -0.2) is 57.6 Å². The summed E-state index contributed by atoms with van der Waals surface area (Å²) < 4.78 is 0. The predicted molar refractivity (Wildman–Crippen MR) is 195 cm³/mol. The van der Waals surface area contributed by atoms with Crippen LogP contribution in [-0.2, 0) is 14.4 Å². The van der Waals surface area contributed by atoms with Crippen molar-refractivity contribution in [2.75, 3.05) is 28.0 Å². The number of halogens is 3. The van der Waals surface area contributed by atoms with Crippen LogP contribution < -0.4 is 22.1 Å². The second-order valence-electron chi connectivity index (χ2n) is 8.49. The van der Waals surface area contributed by atoms with Gasteiger partial charge in [-0.25, -0.2) is 19.9 Å². The molecule has 4 rings (SSSR count). The molecular formula is C29H28Cl3N11O9. The van der Waals surface area contributed by atoms with E-state index in [2.05, 4.69) is 43.7 Å². The van der Waals surface area contributed by atoms with Crippen LogP contribution in [0.2, 0.25) is 5.15 Å². The fourth-order valence-corrected chi connectivity index (χ4v) is 3.20. The lowest BCUT2D eigenvalue weighted by molar-refractivity contribution is -0.385. The van der Waals surface area contributed by atoms with E-state index in [4.69, 9.17) is 46.3 Å². The van der Waals surface area contributed by atoms with Crippen LogP contribution in [0.3, 0.4) is 0 Å². The number of hydrogen-bond donors (Lipinski definition) is 4. The minimum Gasteiger partial charge on any atom is -0.396 e. The Morgan fingerprint density at radius 3 is 1.50 bits per heavy atom. The molecule has 0 saturated carbocycles. The van der Waals surface area contributed by atoms with E-state index in [0.29, 0.717) is 17.4 Å². The third-order valence-electron chi connectivity index (χ3n) is 4.92. The zero-order chi connectivity index (χ0) is 39.6. The van der Waals surface area contributed by atoms with E-state index in [0.717, 1.165) is 12.2 Å². The average molecular weight is 781 g/mol. The molecule has 6 N–H and O–H groups in total. The molecule has 0 aromatic carbocycles. The predicted octanol–water partition coefficient (Wildman–Crippen LogP) is 5.50. The molecule has 0 radical (unpaired) electrons. The van der Waals surface area contributed by atoms with Gasteiger partial charge in [0.05, 0.1) is 20.5 Å². The van der Waals surface area contributed by atoms with Gasteiger partial charge in [-0.3, -0.25) is 44.7 Å². The summed E-state index contributed by atoms with van der Waals surface area (Å²) in [5, 5.41) is 34.9. The molecule has 0 fully saturated rings. The van der Waals surface area contributed by atoms with Gasteiger partial charge >= 0.3 is 17.1 Å². The number of nitrogen functional groups attached to an aromatic ring is 2. The second-order valence-corrected chi connectivity index (χ2v) is 9.64. The minimum atomic E-state index is -0.619. The first kappa shape index (κ1) is 45.4. The molecule has 20 nitrogen and oxygen atoms in total. The summed E-state index contributed by atoms with van der Waals surface area (Å²) in [5.41, 5.74) is 10.6. The summed E-state index contributed by atoms with van der Waals surface area (Å²) in [5.74, 6) is -0.299. The third-order valence-corrected chi connectivity index (χ3v) is 5.59. The Hall–Kier alpha value is -6.64. The summed E-state index contributed by atoms with van der Waals surface area (Å²) in [4.78, 5) is 74.9. The molecule has 4 heterocycles. The fraction of sp³-hybridized carbons (Fsp3) is 0.0690. The van der Waals surface area contributed by atoms with Crippen molar-refractivity contribution in [1.29, 1.82) is 0 Å². The zero-order valence-electron chi connectivity index (χ0n) is 26.5. The van der Waals surface area contributed by atoms with E-state index in [-0.39, 0.29) is 51.4 Å². The summed E-state index contributed by atoms with van der Waals surface area (Å²) in [7, 11) is 0. The number of alkyl halides is 1. The summed E-state index contributed by atoms with van der Waals surface area (Å²) in [6.45, 7) is 6.53. The van der Waals surface area contributed by atoms with Gasteiger partial charge in [0.1, 0.15) is 0 Å². The SMILES string of the molecule is C=CC(=O)Nc1ncccc1N.C=CC(=O)Nc1ncccc1[N+](=O)[O-].Nc1ncccc1[N+](=O)[O-].O=C(Cl)CCCl.O=[N+]([O-])c1cccnc1Cl. The third kappa shape index (κ3) is 18.8. The number of carbonyl (C=O) groups is 3. The molecule has 0 spiro atoms. The molecule has 0 bridgehead atoms. The zero-order valence-corrected chi connectivity index (χ0v) is 28.8. The molecule has 2 amide bonds. The number of hydrogen-bond acceptors (Lipinski definition) is 15. The molecule has 0 unspecified atom stereocenters. The first-order valence-electron chi connectivity index (χ1n) is 13.6. The number of amides is 2. The monoisotopic (exact) mass is 779 g/mol. The largest absolute Gasteiger partial charge is 0.396 e. The minimum absolute atomic E-state index is 0.0486. The maximum atomic E-state index is 10.9. The number of pyridine rings is 4. The Balaban J connectivity index is 0.000000639. The highest BCUT2D eigenvalue weighted by Crippen LogP contribution is 2.20. The van der Waals surface area contributed by atoms with Gasteiger partial charge in [-0.15, -0.1) is 11.6 Å². The molecule has 274 valence electrons. The van der Waals surface area contributed by atoms with Crippen molar-refractivity contribution in [1.82, 2.24) is 19.9 Å². The van der Waals surface area contributed by atoms with Gasteiger partial charge in [-0.05, 0) is 54.1 Å². The fourth-order valence-electron chi connectivity index (χ4n) is 2.65. The highest BCUT2D eigenvalue weighted by atomic mass is 35.5. The van der Waals surface area contributed by atoms with Crippen molar-refractivity contribution in [2.45, 2.75) is 6.42 Å². The van der Waals surface area contributed by atoms with Gasteiger partial charge in [-0.1, -0.05) is 24.8 Å². The standard InChI is InChI=1S/C8H7N3O3.C8H9N3O.C5H3ClN2O2.C5H5N3O2.C3H4Cl2O/c1-2-7(12)10-8-6(11(13)14)4-3-5-9-8;1-2-7(12)11-8-6(9)4-3-5-10-8;2*6-5-4(8(9)10)2-1-3-7-5;4-2-1-3(5)6/h2-5H,1H2,(H,9,10,12);2-5H,1,9H2,(H,10,11,12);1-3H;1-3H,(H2,6,7);1-2H2. The van der Waals surface area contributed by atoms with Crippen LogP contribution in [0.15, 0.2) is 98.6 Å². The number of nitrogens with zero attached hydrogens (tertiary/aromatic N) is 7. The molecule has 52 heavy (non-hydrogen) atoms. The number of carbonyl (C=O) groups excluding carboxylic acids is 3. The number of nitro groups is 3. The van der Waals surface area contributed by atoms with E-state index in [9.17, 15) is 44.7 Å². The summed E-state index contributed by atoms with van der Waals surface area (Å²) in [6, 6.07) is 11.6. The molecule has 4 aromatic rings. The molecule has 0 atom stereocenters. The average Bonchev–Trinajstić information content (AvgIpc) is 3.10. The van der Waals surface area contributed by atoms with Crippen LogP contribution in [0.25, 0.3) is 0 Å². The van der Waals surface area contributed by atoms with Crippen molar-refractivity contribution < 1.29 is 29.2 Å². The van der Waals surface area contributed by atoms with Crippen LogP contribution in [0.1, 0.15) is 6.42 Å². The maximum absolute atomic E-state index is 10.9. The van der Waals surface area contributed by atoms with E-state index >= 15 is 0 Å². The van der Waals surface area contributed by atoms with Gasteiger partial charge < -0.3 is 22.1 Å². The van der Waals surface area contributed by atoms with E-state index in [1.165, 1.54) is 55.0 Å². The van der Waals surface area contributed by atoms with Crippen molar-refractivity contribution in [2.24, 2.45) is 0 Å². The molecule has 0 aliphatic carbocycles. The van der Waals surface area contributed by atoms with Crippen LogP contribution >= 0.6 is 34.8 Å². The Morgan fingerprint density at radius 1 is 0.712 bits per heavy atom. The lowest BCUT2D eigenvalue weighted by atomic mass is 10.4. The molecule has 0 aliphatic heterocycles. The number of nitrogens with one attached hydrogen (secondary N) is 2. The van der Waals surface area contributed by atoms with Crippen molar-refractivity contribution in [3.63, 3.8) is 0 Å². The first-order chi connectivity index (χ1) is 24.6. The van der Waals surface area contributed by atoms with Crippen molar-refractivity contribution in [3.8, 4) is 0 Å². The molecule has 4 aromatic heterocycles. The molecule has 0 aliphatic rings. The van der Waals surface area contributed by atoms with E-state index in [1.807, 2.05) is 0 Å². The quantitative estimate of drug-likeness (QED) is 0.0407. The smallest absolute Gasteiger partial charge is 0.311 e. The summed E-state index contributed by atoms with van der Waals surface area (Å²) in [6.07, 6.45) is 8.15. The Labute approximate surface area is 309 Å². The van der Waals surface area contributed by atoms with E-state index < -0.39 is 20.7 Å². The van der Waals surface area contributed by atoms with Gasteiger partial charge in [0.15, 0.2) is 5.82 Å². The van der Waals surface area contributed by atoms with Crippen LogP contribution in [0.5, 0.6) is 0 Å². The number of anilines is 4. The second kappa shape index (κ2) is 25.3. The molecular weight excluding hydrogens is 753 g/mol. The Bertz CT molecular complexity index is 1810. The van der Waals surface area contributed by atoms with Crippen molar-refractivity contribution in [3.05, 3.63) is 134 Å². The van der Waals surface area contributed by atoms with Crippen LogP contribution in [0, 0.1) is 30.3 Å². The topological polar surface area (TPSA) is 308 Å². The van der Waals surface area contributed by atoms with Crippen LogP contribution in [0.4, 0.5) is 40.2 Å². The molecule has 23 heteroatoms. The van der Waals surface area contributed by atoms with Gasteiger partial charge in [-0.2, -0.15) is 0 Å². The highest BCUT2D eigenvalue weighted by Gasteiger charge is 2.15. The van der Waals surface area contributed by atoms with E-state index in [1.54, 1.807) is 18.3 Å². The Kier molecular flexibility index (Phi) is 22.1. The Morgan fingerprint density at radius 2 is 1.13 bits per heavy atom. The van der Waals surface area contributed by atoms with Gasteiger partial charge in [0.2, 0.25) is 33.8 Å². The first-order valence-corrected chi connectivity index (χ1v) is 14.9. The highest BCUT2D eigenvalue weighted by molar-refractivity contribution is 6.63. The number of nitrogens with two attached hydrogens (primary N) is 2. The number of rotatable bonds is 9. The normalized spacial score (nSPS) is 9.06. The maximum Gasteiger partial charge on any atom is 0.311 e. The number of aromatic nitrogens is 4. The van der Waals surface area contributed by atoms with Gasteiger partial charge in [0.25, 0.3) is 0 Å². The van der Waals surface area contributed by atoms with Gasteiger partial charge in [0, 0.05) is 55.3 Å². The molecule has 0 saturated heterocycles. The lowest BCUT2D eigenvalue weighted by Crippen LogP contribution is -2.10. The van der Waals surface area contributed by atoms with Crippen molar-refractivity contribution >= 4 is 92.1 Å². The summed E-state index contributed by atoms with van der Waals surface area (Å²) >= 11 is 15.3. The lowest BCUT2D eigenvalue weighted by Gasteiger charge is -2.02.